The maximum atomic E-state index is 11.7. The molecule has 0 heterocycles. The highest BCUT2D eigenvalue weighted by atomic mass is 16.5. The molecule has 0 aliphatic carbocycles. The van der Waals surface area contributed by atoms with Crippen LogP contribution < -0.4 is 26.6 Å². The van der Waals surface area contributed by atoms with Gasteiger partial charge in [-0.2, -0.15) is 0 Å². The summed E-state index contributed by atoms with van der Waals surface area (Å²) in [6, 6.07) is 7.53. The number of para-hydroxylation sites is 1. The van der Waals surface area contributed by atoms with E-state index in [4.69, 9.17) is 10.5 Å². The lowest BCUT2D eigenvalue weighted by Crippen LogP contribution is -2.41. The van der Waals surface area contributed by atoms with Crippen molar-refractivity contribution < 1.29 is 9.53 Å². The van der Waals surface area contributed by atoms with Gasteiger partial charge in [-0.05, 0) is 18.1 Å². The summed E-state index contributed by atoms with van der Waals surface area (Å²) in [5.74, 6) is 0.433. The van der Waals surface area contributed by atoms with E-state index < -0.39 is 10.9 Å². The third-order valence-corrected chi connectivity index (χ3v) is 3.30. The summed E-state index contributed by atoms with van der Waals surface area (Å²) in [5, 5.41) is 2.69. The zero-order chi connectivity index (χ0) is 15.4. The van der Waals surface area contributed by atoms with Gasteiger partial charge in [0.25, 0.3) is 0 Å². The van der Waals surface area contributed by atoms with E-state index in [1.54, 1.807) is 7.11 Å². The molecule has 110 valence electrons. The summed E-state index contributed by atoms with van der Waals surface area (Å²) in [4.78, 5) is 33.8. The summed E-state index contributed by atoms with van der Waals surface area (Å²) < 4.78 is 5.22. The van der Waals surface area contributed by atoms with Crippen molar-refractivity contribution in [2.45, 2.75) is 12.8 Å². The van der Waals surface area contributed by atoms with Crippen LogP contribution in [-0.4, -0.2) is 19.6 Å². The number of anilines is 1. The van der Waals surface area contributed by atoms with E-state index in [1.807, 2.05) is 24.3 Å². The molecule has 21 heavy (non-hydrogen) atoms. The van der Waals surface area contributed by atoms with Gasteiger partial charge in [-0.15, -0.1) is 0 Å². The molecule has 0 saturated carbocycles. The Kier molecular flexibility index (Phi) is 4.37. The monoisotopic (exact) mass is 288 g/mol. The molecule has 0 aromatic heterocycles. The molecular formula is C15H16N2O4. The van der Waals surface area contributed by atoms with E-state index in [-0.39, 0.29) is 23.6 Å². The third-order valence-electron chi connectivity index (χ3n) is 3.30. The van der Waals surface area contributed by atoms with Crippen LogP contribution in [0.15, 0.2) is 33.9 Å². The molecule has 0 unspecified atom stereocenters. The van der Waals surface area contributed by atoms with E-state index in [0.717, 1.165) is 11.3 Å². The Morgan fingerprint density at radius 2 is 1.95 bits per heavy atom. The number of carbonyl (C=O) groups is 1. The predicted molar refractivity (Wildman–Crippen MR) is 79.2 cm³/mol. The first-order valence-electron chi connectivity index (χ1n) is 6.50. The number of ether oxygens (including phenoxy) is 1. The van der Waals surface area contributed by atoms with Gasteiger partial charge in [-0.25, -0.2) is 0 Å². The fourth-order valence-electron chi connectivity index (χ4n) is 2.10. The van der Waals surface area contributed by atoms with Crippen molar-refractivity contribution >= 4 is 11.6 Å². The largest absolute Gasteiger partial charge is 0.496 e. The predicted octanol–water partition coefficient (Wildman–Crippen LogP) is -0.225. The van der Waals surface area contributed by atoms with Crippen molar-refractivity contribution in [3.63, 3.8) is 0 Å². The summed E-state index contributed by atoms with van der Waals surface area (Å²) in [6.07, 6.45) is 0.458. The van der Waals surface area contributed by atoms with Gasteiger partial charge in [-0.3, -0.25) is 14.4 Å². The maximum absolute atomic E-state index is 11.7. The Morgan fingerprint density at radius 3 is 2.62 bits per heavy atom. The number of nitrogen functional groups attached to an aromatic ring is 1. The zero-order valence-corrected chi connectivity index (χ0v) is 11.6. The van der Waals surface area contributed by atoms with Gasteiger partial charge in [0.05, 0.1) is 19.2 Å². The van der Waals surface area contributed by atoms with Crippen LogP contribution in [0.5, 0.6) is 5.75 Å². The number of hydrogen-bond donors (Lipinski definition) is 2. The minimum absolute atomic E-state index is 0.0973. The number of nitrogens with two attached hydrogens (primary N) is 1. The first-order valence-corrected chi connectivity index (χ1v) is 6.50. The van der Waals surface area contributed by atoms with Crippen LogP contribution in [0.2, 0.25) is 0 Å². The quantitative estimate of drug-likeness (QED) is 0.716. The van der Waals surface area contributed by atoms with Crippen molar-refractivity contribution in [3.8, 4) is 5.75 Å². The molecule has 0 bridgehead atoms. The average molecular weight is 288 g/mol. The first kappa shape index (κ1) is 14.8. The second-order valence-corrected chi connectivity index (χ2v) is 4.64. The van der Waals surface area contributed by atoms with Crippen LogP contribution in [0, 0.1) is 0 Å². The molecular weight excluding hydrogens is 272 g/mol. The lowest BCUT2D eigenvalue weighted by atomic mass is 10.0. The molecule has 2 rings (SSSR count). The van der Waals surface area contributed by atoms with Gasteiger partial charge in [0.15, 0.2) is 0 Å². The van der Waals surface area contributed by atoms with E-state index in [1.165, 1.54) is 0 Å². The topological polar surface area (TPSA) is 98.5 Å². The Labute approximate surface area is 121 Å². The minimum Gasteiger partial charge on any atom is -0.496 e. The van der Waals surface area contributed by atoms with Gasteiger partial charge in [0.1, 0.15) is 5.75 Å². The molecule has 2 aromatic carbocycles. The minimum atomic E-state index is -0.702. The fourth-order valence-corrected chi connectivity index (χ4v) is 2.10. The molecule has 0 radical (unpaired) electrons. The molecule has 6 heteroatoms. The number of benzene rings is 1. The molecule has 1 amide bonds. The number of nitrogens with one attached hydrogen (secondary N) is 1. The molecule has 0 aliphatic rings. The Morgan fingerprint density at radius 1 is 1.24 bits per heavy atom. The maximum Gasteiger partial charge on any atom is 0.249 e. The van der Waals surface area contributed by atoms with E-state index >= 15 is 0 Å². The Hall–Kier alpha value is -2.63. The van der Waals surface area contributed by atoms with Crippen molar-refractivity contribution in [1.82, 2.24) is 5.32 Å². The van der Waals surface area contributed by atoms with Crippen molar-refractivity contribution in [3.05, 3.63) is 55.8 Å². The van der Waals surface area contributed by atoms with Crippen molar-refractivity contribution in [1.29, 1.82) is 0 Å². The van der Waals surface area contributed by atoms with Crippen molar-refractivity contribution in [2.24, 2.45) is 0 Å². The van der Waals surface area contributed by atoms with Crippen LogP contribution in [0.4, 0.5) is 5.69 Å². The van der Waals surface area contributed by atoms with Gasteiger partial charge >= 0.3 is 0 Å². The van der Waals surface area contributed by atoms with Crippen LogP contribution in [0.25, 0.3) is 0 Å². The Bertz CT molecular complexity index is 729. The molecule has 3 N–H and O–H groups in total. The number of hydrogen-bond acceptors (Lipinski definition) is 5. The second-order valence-electron chi connectivity index (χ2n) is 4.64. The van der Waals surface area contributed by atoms with E-state index in [2.05, 4.69) is 5.32 Å². The normalized spacial score (nSPS) is 10.5. The summed E-state index contributed by atoms with van der Waals surface area (Å²) >= 11 is 0. The smallest absolute Gasteiger partial charge is 0.249 e. The lowest BCUT2D eigenvalue weighted by molar-refractivity contribution is -0.120. The van der Waals surface area contributed by atoms with Gasteiger partial charge in [0.2, 0.25) is 16.8 Å². The summed E-state index contributed by atoms with van der Waals surface area (Å²) in [6.45, 7) is 0.411. The lowest BCUT2D eigenvalue weighted by Gasteiger charge is -2.10. The van der Waals surface area contributed by atoms with Crippen LogP contribution in [0.1, 0.15) is 11.1 Å². The van der Waals surface area contributed by atoms with Crippen LogP contribution in [-0.2, 0) is 17.6 Å². The number of amides is 1. The third kappa shape index (κ3) is 3.10. The highest BCUT2D eigenvalue weighted by Crippen LogP contribution is 2.17. The van der Waals surface area contributed by atoms with Crippen LogP contribution in [0.3, 0.4) is 0 Å². The first-order chi connectivity index (χ1) is 10.0. The van der Waals surface area contributed by atoms with E-state index in [0.29, 0.717) is 13.0 Å². The summed E-state index contributed by atoms with van der Waals surface area (Å²) in [5.41, 5.74) is 5.00. The second kappa shape index (κ2) is 6.21. The average Bonchev–Trinajstić information content (AvgIpc) is 2.52. The zero-order valence-electron chi connectivity index (χ0n) is 11.6. The molecule has 0 atom stereocenters. The standard InChI is InChI=1S/C15H16N2O4/c1-21-11-5-3-2-4-9(11)6-7-17-12(18)8-10-13(16)15(20)14(10)19/h2-5H,6-8,16H2,1H3,(H,17,18). The highest BCUT2D eigenvalue weighted by molar-refractivity contribution is 5.81. The van der Waals surface area contributed by atoms with Crippen molar-refractivity contribution in [2.75, 3.05) is 19.4 Å². The van der Waals surface area contributed by atoms with Gasteiger partial charge < -0.3 is 15.8 Å². The summed E-state index contributed by atoms with van der Waals surface area (Å²) in [7, 11) is 1.59. The molecule has 0 spiro atoms. The number of methoxy groups -OCH3 is 1. The van der Waals surface area contributed by atoms with Crippen LogP contribution >= 0.6 is 0 Å². The van der Waals surface area contributed by atoms with E-state index in [9.17, 15) is 14.4 Å². The molecule has 6 nitrogen and oxygen atoms in total. The molecule has 0 saturated heterocycles. The fraction of sp³-hybridized carbons (Fsp3) is 0.267. The number of rotatable bonds is 6. The van der Waals surface area contributed by atoms with Gasteiger partial charge in [0, 0.05) is 12.1 Å². The highest BCUT2D eigenvalue weighted by Gasteiger charge is 2.20. The number of carbonyl (C=O) groups excluding carboxylic acids is 1. The molecule has 0 aliphatic heterocycles. The molecule has 0 fully saturated rings. The Balaban J connectivity index is 1.85. The van der Waals surface area contributed by atoms with Gasteiger partial charge in [-0.1, -0.05) is 18.2 Å². The molecule has 2 aromatic rings. The SMILES string of the molecule is COc1ccccc1CCNC(=O)Cc1c(N)c(=O)c1=O.